The van der Waals surface area contributed by atoms with Crippen molar-refractivity contribution in [1.82, 2.24) is 9.97 Å². The minimum absolute atomic E-state index is 0.325. The summed E-state index contributed by atoms with van der Waals surface area (Å²) in [7, 11) is 0. The van der Waals surface area contributed by atoms with Crippen LogP contribution in [0.15, 0.2) is 24.0 Å². The van der Waals surface area contributed by atoms with Crippen LogP contribution in [-0.2, 0) is 6.18 Å². The third-order valence-corrected chi connectivity index (χ3v) is 3.58. The summed E-state index contributed by atoms with van der Waals surface area (Å²) in [5.41, 5.74) is 0.485. The molecule has 2 heterocycles. The fourth-order valence-electron chi connectivity index (χ4n) is 2.36. The van der Waals surface area contributed by atoms with Crippen LogP contribution >= 0.6 is 0 Å². The molecule has 0 saturated carbocycles. The van der Waals surface area contributed by atoms with Crippen molar-refractivity contribution in [3.8, 4) is 0 Å². The van der Waals surface area contributed by atoms with Gasteiger partial charge < -0.3 is 4.90 Å². The van der Waals surface area contributed by atoms with Gasteiger partial charge >= 0.3 is 6.18 Å². The lowest BCUT2D eigenvalue weighted by Crippen LogP contribution is -2.32. The van der Waals surface area contributed by atoms with E-state index in [1.165, 1.54) is 5.57 Å². The molecule has 2 unspecified atom stereocenters. The minimum atomic E-state index is -4.39. The summed E-state index contributed by atoms with van der Waals surface area (Å²) in [6.45, 7) is 7.70. The van der Waals surface area contributed by atoms with E-state index in [1.807, 2.05) is 4.90 Å². The van der Waals surface area contributed by atoms with Gasteiger partial charge in [0.25, 0.3) is 0 Å². The summed E-state index contributed by atoms with van der Waals surface area (Å²) in [6, 6.07) is 0. The van der Waals surface area contributed by atoms with Gasteiger partial charge in [0.05, 0.1) is 5.56 Å². The molecule has 1 aliphatic heterocycles. The van der Waals surface area contributed by atoms with Gasteiger partial charge in [0.15, 0.2) is 0 Å². The second-order valence-electron chi connectivity index (χ2n) is 5.46. The molecule has 0 bridgehead atoms. The number of hydrogen-bond donors (Lipinski definition) is 0. The number of anilines is 1. The Balaban J connectivity index is 2.20. The van der Waals surface area contributed by atoms with Gasteiger partial charge in [0.2, 0.25) is 5.95 Å². The Labute approximate surface area is 116 Å². The number of alkyl halides is 3. The van der Waals surface area contributed by atoms with Crippen LogP contribution < -0.4 is 4.90 Å². The molecule has 1 aromatic rings. The highest BCUT2D eigenvalue weighted by Crippen LogP contribution is 2.29. The second kappa shape index (κ2) is 5.42. The van der Waals surface area contributed by atoms with E-state index in [1.54, 1.807) is 0 Å². The lowest BCUT2D eigenvalue weighted by Gasteiger charge is -2.25. The van der Waals surface area contributed by atoms with E-state index < -0.39 is 11.7 Å². The van der Waals surface area contributed by atoms with Crippen molar-refractivity contribution in [1.29, 1.82) is 0 Å². The van der Waals surface area contributed by atoms with Crippen molar-refractivity contribution in [2.45, 2.75) is 26.9 Å². The molecule has 0 radical (unpaired) electrons. The summed E-state index contributed by atoms with van der Waals surface area (Å²) >= 11 is 0. The zero-order valence-corrected chi connectivity index (χ0v) is 11.8. The Hall–Kier alpha value is -1.59. The molecule has 2 rings (SSSR count). The molecule has 1 aliphatic rings. The quantitative estimate of drug-likeness (QED) is 0.739. The van der Waals surface area contributed by atoms with Gasteiger partial charge in [0, 0.05) is 25.5 Å². The third kappa shape index (κ3) is 3.29. The molecule has 0 saturated heterocycles. The van der Waals surface area contributed by atoms with Crippen LogP contribution in [0.2, 0.25) is 0 Å². The average Bonchev–Trinajstić information content (AvgIpc) is 2.48. The molecular formula is C14H18F3N3. The van der Waals surface area contributed by atoms with E-state index in [0.717, 1.165) is 18.9 Å². The SMILES string of the molecule is CC1=CC(C)CN(c2ncc(C(F)(F)F)cn2)CC1C. The maximum atomic E-state index is 12.5. The molecule has 20 heavy (non-hydrogen) atoms. The normalized spacial score (nSPS) is 24.3. The van der Waals surface area contributed by atoms with Gasteiger partial charge in [-0.25, -0.2) is 9.97 Å². The molecule has 1 aromatic heterocycles. The first-order valence-corrected chi connectivity index (χ1v) is 6.60. The van der Waals surface area contributed by atoms with Gasteiger partial charge in [-0.05, 0) is 18.8 Å². The lowest BCUT2D eigenvalue weighted by atomic mass is 10.0. The van der Waals surface area contributed by atoms with Crippen molar-refractivity contribution in [2.24, 2.45) is 11.8 Å². The molecule has 2 atom stereocenters. The van der Waals surface area contributed by atoms with Gasteiger partial charge in [0.1, 0.15) is 0 Å². The Morgan fingerprint density at radius 1 is 1.15 bits per heavy atom. The second-order valence-corrected chi connectivity index (χ2v) is 5.46. The molecule has 0 amide bonds. The number of hydrogen-bond acceptors (Lipinski definition) is 3. The summed E-state index contributed by atoms with van der Waals surface area (Å²) in [5, 5.41) is 0. The van der Waals surface area contributed by atoms with Crippen molar-refractivity contribution in [2.75, 3.05) is 18.0 Å². The van der Waals surface area contributed by atoms with Crippen molar-refractivity contribution >= 4 is 5.95 Å². The molecule has 110 valence electrons. The Kier molecular flexibility index (Phi) is 4.01. The van der Waals surface area contributed by atoms with Gasteiger partial charge in [-0.3, -0.25) is 0 Å². The summed E-state index contributed by atoms with van der Waals surface area (Å²) in [6.07, 6.45) is -0.490. The number of halogens is 3. The Morgan fingerprint density at radius 3 is 2.30 bits per heavy atom. The zero-order valence-electron chi connectivity index (χ0n) is 11.8. The van der Waals surface area contributed by atoms with E-state index in [-0.39, 0.29) is 0 Å². The zero-order chi connectivity index (χ0) is 14.9. The molecule has 3 nitrogen and oxygen atoms in total. The largest absolute Gasteiger partial charge is 0.419 e. The first kappa shape index (κ1) is 14.8. The molecule has 0 aromatic carbocycles. The van der Waals surface area contributed by atoms with E-state index in [4.69, 9.17) is 0 Å². The van der Waals surface area contributed by atoms with Crippen LogP contribution in [0, 0.1) is 11.8 Å². The van der Waals surface area contributed by atoms with Gasteiger partial charge in [-0.2, -0.15) is 13.2 Å². The van der Waals surface area contributed by atoms with Crippen molar-refractivity contribution in [3.05, 3.63) is 29.6 Å². The highest BCUT2D eigenvalue weighted by Gasteiger charge is 2.31. The molecule has 0 aliphatic carbocycles. The Morgan fingerprint density at radius 2 is 1.75 bits per heavy atom. The maximum absolute atomic E-state index is 12.5. The fourth-order valence-corrected chi connectivity index (χ4v) is 2.36. The van der Waals surface area contributed by atoms with Crippen LogP contribution in [0.4, 0.5) is 19.1 Å². The van der Waals surface area contributed by atoms with Crippen LogP contribution in [0.3, 0.4) is 0 Å². The predicted molar refractivity (Wildman–Crippen MR) is 71.3 cm³/mol. The molecule has 6 heteroatoms. The molecule has 0 N–H and O–H groups in total. The highest BCUT2D eigenvalue weighted by molar-refractivity contribution is 5.33. The van der Waals surface area contributed by atoms with Crippen molar-refractivity contribution < 1.29 is 13.2 Å². The smallest absolute Gasteiger partial charge is 0.340 e. The standard InChI is InChI=1S/C14H18F3N3/c1-9-4-10(2)11(3)8-20(7-9)13-18-5-12(6-19-13)14(15,16)17/h4-6,9,11H,7-8H2,1-3H3. The van der Waals surface area contributed by atoms with Crippen LogP contribution in [-0.4, -0.2) is 23.1 Å². The Bertz CT molecular complexity index is 493. The van der Waals surface area contributed by atoms with Crippen LogP contribution in [0.25, 0.3) is 0 Å². The third-order valence-electron chi connectivity index (χ3n) is 3.58. The fraction of sp³-hybridized carbons (Fsp3) is 0.571. The van der Waals surface area contributed by atoms with Crippen molar-refractivity contribution in [3.63, 3.8) is 0 Å². The average molecular weight is 285 g/mol. The maximum Gasteiger partial charge on any atom is 0.419 e. The summed E-state index contributed by atoms with van der Waals surface area (Å²) in [4.78, 5) is 9.70. The summed E-state index contributed by atoms with van der Waals surface area (Å²) in [5.74, 6) is 1.02. The first-order chi connectivity index (χ1) is 9.27. The van der Waals surface area contributed by atoms with Gasteiger partial charge in [-0.1, -0.05) is 25.5 Å². The molecule has 0 fully saturated rings. The topological polar surface area (TPSA) is 29.0 Å². The van der Waals surface area contributed by atoms with E-state index in [2.05, 4.69) is 36.8 Å². The van der Waals surface area contributed by atoms with E-state index in [9.17, 15) is 13.2 Å². The predicted octanol–water partition coefficient (Wildman–Crippen LogP) is 3.53. The monoisotopic (exact) mass is 285 g/mol. The van der Waals surface area contributed by atoms with E-state index in [0.29, 0.717) is 24.3 Å². The van der Waals surface area contributed by atoms with Crippen LogP contribution in [0.5, 0.6) is 0 Å². The number of rotatable bonds is 1. The highest BCUT2D eigenvalue weighted by atomic mass is 19.4. The summed E-state index contributed by atoms with van der Waals surface area (Å²) < 4.78 is 37.5. The lowest BCUT2D eigenvalue weighted by molar-refractivity contribution is -0.138. The van der Waals surface area contributed by atoms with E-state index >= 15 is 0 Å². The molecular weight excluding hydrogens is 267 g/mol. The first-order valence-electron chi connectivity index (χ1n) is 6.60. The van der Waals surface area contributed by atoms with Gasteiger partial charge in [-0.15, -0.1) is 0 Å². The number of nitrogens with zero attached hydrogens (tertiary/aromatic N) is 3. The van der Waals surface area contributed by atoms with Crippen LogP contribution in [0.1, 0.15) is 26.3 Å². The molecule has 0 spiro atoms. The minimum Gasteiger partial charge on any atom is -0.340 e. The number of aromatic nitrogens is 2.